The van der Waals surface area contributed by atoms with E-state index in [4.69, 9.17) is 0 Å². The van der Waals surface area contributed by atoms with Gasteiger partial charge in [0.05, 0.1) is 22.5 Å². The van der Waals surface area contributed by atoms with Crippen LogP contribution in [0.2, 0.25) is 0 Å². The van der Waals surface area contributed by atoms with Crippen molar-refractivity contribution in [1.82, 2.24) is 4.98 Å². The van der Waals surface area contributed by atoms with Crippen LogP contribution in [0.5, 0.6) is 5.75 Å². The molecule has 0 spiro atoms. The van der Waals surface area contributed by atoms with Gasteiger partial charge >= 0.3 is 4.87 Å². The van der Waals surface area contributed by atoms with E-state index in [1.165, 1.54) is 16.2 Å². The molecule has 7 atom stereocenters. The number of aromatic nitrogens is 1. The Kier molecular flexibility index (Phi) is 4.06. The summed E-state index contributed by atoms with van der Waals surface area (Å²) in [6.07, 6.45) is 0.867. The number of nitrogens with one attached hydrogen (secondary N) is 1. The third kappa shape index (κ3) is 2.59. The summed E-state index contributed by atoms with van der Waals surface area (Å²) in [5.74, 6) is -0.213. The monoisotopic (exact) mass is 476 g/mol. The number of H-pyrrole nitrogens is 1. The highest BCUT2D eigenvalue weighted by atomic mass is 32.2. The van der Waals surface area contributed by atoms with Gasteiger partial charge in [0.2, 0.25) is 11.8 Å². The summed E-state index contributed by atoms with van der Waals surface area (Å²) in [5, 5.41) is 10.9. The van der Waals surface area contributed by atoms with Crippen molar-refractivity contribution in [3.8, 4) is 5.75 Å². The fourth-order valence-electron chi connectivity index (χ4n) is 6.90. The zero-order valence-corrected chi connectivity index (χ0v) is 19.0. The van der Waals surface area contributed by atoms with Gasteiger partial charge in [-0.05, 0) is 54.0 Å². The van der Waals surface area contributed by atoms with Gasteiger partial charge in [-0.15, -0.1) is 11.8 Å². The fraction of sp³-hybridized carbons (Fsp3) is 0.320. The van der Waals surface area contributed by atoms with Crippen LogP contribution in [0.1, 0.15) is 22.8 Å². The number of phenols is 1. The molecule has 0 unspecified atom stereocenters. The Morgan fingerprint density at radius 3 is 2.33 bits per heavy atom. The van der Waals surface area contributed by atoms with Crippen molar-refractivity contribution in [2.75, 3.05) is 4.90 Å². The van der Waals surface area contributed by atoms with Crippen LogP contribution in [0.4, 0.5) is 5.69 Å². The van der Waals surface area contributed by atoms with Crippen LogP contribution in [-0.2, 0) is 9.59 Å². The summed E-state index contributed by atoms with van der Waals surface area (Å²) >= 11 is 2.93. The number of para-hydroxylation sites is 1. The van der Waals surface area contributed by atoms with E-state index in [-0.39, 0.29) is 63.2 Å². The molecule has 2 N–H and O–H groups in total. The molecular formula is C25H20N2O4S2. The van der Waals surface area contributed by atoms with Crippen LogP contribution >= 0.6 is 23.1 Å². The molecule has 2 aliphatic carbocycles. The number of aromatic hydroxyl groups is 1. The predicted molar refractivity (Wildman–Crippen MR) is 126 cm³/mol. The Morgan fingerprint density at radius 1 is 0.909 bits per heavy atom. The minimum Gasteiger partial charge on any atom is -0.508 e. The van der Waals surface area contributed by atoms with Crippen LogP contribution in [0.25, 0.3) is 0 Å². The number of amides is 2. The van der Waals surface area contributed by atoms with Crippen molar-refractivity contribution in [2.45, 2.75) is 22.6 Å². The molecule has 7 rings (SSSR count). The second-order valence-corrected chi connectivity index (χ2v) is 11.6. The number of imide groups is 1. The summed E-state index contributed by atoms with van der Waals surface area (Å²) in [7, 11) is 0. The van der Waals surface area contributed by atoms with Crippen LogP contribution in [0.15, 0.2) is 64.4 Å². The summed E-state index contributed by atoms with van der Waals surface area (Å²) in [4.78, 5) is 44.8. The number of phenolic OH excluding ortho intramolecular Hbond substituents is 1. The number of hydrogen-bond acceptors (Lipinski definition) is 6. The number of thioether (sulfide) groups is 1. The van der Waals surface area contributed by atoms with Crippen molar-refractivity contribution in [2.24, 2.45) is 29.6 Å². The lowest BCUT2D eigenvalue weighted by Crippen LogP contribution is -2.42. The SMILES string of the molecule is O=C1[C@@H]2[C@H]3C[C@@H]([C@@H]2C(=O)N1c1ccccc1)[C@@H]1[C@H](c2ccc(O)cc2)c2sc(=O)[nH]c2S[C@H]31. The largest absolute Gasteiger partial charge is 0.508 e. The van der Waals surface area contributed by atoms with Crippen LogP contribution in [0.3, 0.4) is 0 Å². The number of aromatic amines is 1. The first kappa shape index (κ1) is 19.6. The molecule has 166 valence electrons. The van der Waals surface area contributed by atoms with Crippen LogP contribution in [0, 0.1) is 29.6 Å². The third-order valence-corrected chi connectivity index (χ3v) is 10.6. The lowest BCUT2D eigenvalue weighted by Gasteiger charge is -2.43. The highest BCUT2D eigenvalue weighted by molar-refractivity contribution is 8.00. The van der Waals surface area contributed by atoms with Gasteiger partial charge in [-0.3, -0.25) is 19.3 Å². The van der Waals surface area contributed by atoms with Gasteiger partial charge in [0, 0.05) is 16.0 Å². The van der Waals surface area contributed by atoms with E-state index in [1.54, 1.807) is 23.9 Å². The molecule has 1 aromatic heterocycles. The minimum absolute atomic E-state index is 0.0274. The number of fused-ring (bicyclic) bond motifs is 9. The second kappa shape index (κ2) is 6.84. The first-order chi connectivity index (χ1) is 16.0. The molecule has 2 aromatic carbocycles. The molecule has 6 nitrogen and oxygen atoms in total. The number of anilines is 1. The molecule has 3 fully saturated rings. The van der Waals surface area contributed by atoms with Gasteiger partial charge in [-0.2, -0.15) is 0 Å². The zero-order valence-electron chi connectivity index (χ0n) is 17.4. The first-order valence-electron chi connectivity index (χ1n) is 11.1. The zero-order chi connectivity index (χ0) is 22.4. The van der Waals surface area contributed by atoms with Crippen molar-refractivity contribution in [1.29, 1.82) is 0 Å². The molecule has 2 bridgehead atoms. The molecule has 2 aliphatic heterocycles. The maximum Gasteiger partial charge on any atom is 0.305 e. The highest BCUT2D eigenvalue weighted by Crippen LogP contribution is 2.68. The van der Waals surface area contributed by atoms with E-state index in [2.05, 4.69) is 4.98 Å². The number of benzene rings is 2. The number of carbonyl (C=O) groups excluding carboxylic acids is 2. The number of carbonyl (C=O) groups is 2. The number of nitrogens with zero attached hydrogens (tertiary/aromatic N) is 1. The fourth-order valence-corrected chi connectivity index (χ4v) is 9.79. The maximum atomic E-state index is 13.6. The summed E-state index contributed by atoms with van der Waals surface area (Å²) in [6, 6.07) is 16.4. The Hall–Kier alpha value is -2.84. The van der Waals surface area contributed by atoms with Crippen LogP contribution < -0.4 is 9.77 Å². The molecule has 4 aliphatic rings. The smallest absolute Gasteiger partial charge is 0.305 e. The van der Waals surface area contributed by atoms with Gasteiger partial charge in [0.1, 0.15) is 5.75 Å². The lowest BCUT2D eigenvalue weighted by atomic mass is 9.68. The maximum absolute atomic E-state index is 13.6. The first-order valence-corrected chi connectivity index (χ1v) is 12.8. The quantitative estimate of drug-likeness (QED) is 0.549. The molecule has 1 saturated heterocycles. The molecule has 2 amide bonds. The van der Waals surface area contributed by atoms with Gasteiger partial charge < -0.3 is 10.1 Å². The summed E-state index contributed by atoms with van der Waals surface area (Å²) in [5.41, 5.74) is 1.69. The molecule has 2 saturated carbocycles. The Balaban J connectivity index is 1.34. The van der Waals surface area contributed by atoms with Gasteiger partial charge in [-0.25, -0.2) is 0 Å². The van der Waals surface area contributed by atoms with E-state index in [9.17, 15) is 19.5 Å². The van der Waals surface area contributed by atoms with Gasteiger partial charge in [0.15, 0.2) is 0 Å². The van der Waals surface area contributed by atoms with Crippen LogP contribution in [-0.4, -0.2) is 27.2 Å². The Labute approximate surface area is 197 Å². The van der Waals surface area contributed by atoms with E-state index in [0.29, 0.717) is 5.69 Å². The molecule has 3 aromatic rings. The van der Waals surface area contributed by atoms with E-state index in [0.717, 1.165) is 21.9 Å². The number of rotatable bonds is 2. The minimum atomic E-state index is -0.304. The molecule has 3 heterocycles. The van der Waals surface area contributed by atoms with E-state index >= 15 is 0 Å². The average Bonchev–Trinajstić information content (AvgIpc) is 3.54. The summed E-state index contributed by atoms with van der Waals surface area (Å²) in [6.45, 7) is 0. The van der Waals surface area contributed by atoms with Crippen molar-refractivity contribution in [3.05, 3.63) is 74.7 Å². The van der Waals surface area contributed by atoms with Crippen molar-refractivity contribution in [3.63, 3.8) is 0 Å². The number of thiazole rings is 1. The second-order valence-electron chi connectivity index (χ2n) is 9.40. The topological polar surface area (TPSA) is 90.5 Å². The third-order valence-electron chi connectivity index (χ3n) is 7.99. The van der Waals surface area contributed by atoms with E-state index < -0.39 is 0 Å². The molecule has 8 heteroatoms. The molecule has 0 radical (unpaired) electrons. The molecule has 33 heavy (non-hydrogen) atoms. The van der Waals surface area contributed by atoms with Crippen molar-refractivity contribution < 1.29 is 14.7 Å². The highest BCUT2D eigenvalue weighted by Gasteiger charge is 2.69. The Morgan fingerprint density at radius 2 is 1.61 bits per heavy atom. The normalized spacial score (nSPS) is 33.8. The number of hydrogen-bond donors (Lipinski definition) is 2. The van der Waals surface area contributed by atoms with Gasteiger partial charge in [0.25, 0.3) is 0 Å². The van der Waals surface area contributed by atoms with Crippen molar-refractivity contribution >= 4 is 40.6 Å². The standard InChI is InChI=1S/C25H20N2O4S2/c28-13-8-6-11(7-9-13)16-17-14-10-15(20(17)32-22-21(16)33-25(31)26-22)19-18(14)23(29)27(24(19)30)12-4-2-1-3-5-12/h1-9,14-20,28H,10H2,(H,26,31)/t14-,15-,16+,17-,18+,19-,20-/m1/s1. The lowest BCUT2D eigenvalue weighted by molar-refractivity contribution is -0.123. The Bertz CT molecular complexity index is 1350. The average molecular weight is 477 g/mol. The predicted octanol–water partition coefficient (Wildman–Crippen LogP) is 3.82. The molecular weight excluding hydrogens is 456 g/mol. The van der Waals surface area contributed by atoms with E-state index in [1.807, 2.05) is 42.5 Å². The summed E-state index contributed by atoms with van der Waals surface area (Å²) < 4.78 is 0. The van der Waals surface area contributed by atoms with Gasteiger partial charge in [-0.1, -0.05) is 41.7 Å².